The summed E-state index contributed by atoms with van der Waals surface area (Å²) >= 11 is 0. The van der Waals surface area contributed by atoms with Gasteiger partial charge in [-0.25, -0.2) is 18.7 Å². The molecule has 0 spiro atoms. The van der Waals surface area contributed by atoms with Crippen LogP contribution in [0.2, 0.25) is 0 Å². The van der Waals surface area contributed by atoms with Gasteiger partial charge in [0, 0.05) is 61.7 Å². The molecule has 4 rings (SSSR count). The Morgan fingerprint density at radius 3 is 2.50 bits per heavy atom. The second-order valence-corrected chi connectivity index (χ2v) is 7.10. The molecule has 3 aromatic rings. The van der Waals surface area contributed by atoms with Crippen molar-refractivity contribution in [3.63, 3.8) is 0 Å². The number of ether oxygens (including phenoxy) is 2. The molecule has 156 valence electrons. The van der Waals surface area contributed by atoms with Gasteiger partial charge in [0.15, 0.2) is 11.6 Å². The summed E-state index contributed by atoms with van der Waals surface area (Å²) in [5, 5.41) is 3.19. The molecule has 2 aromatic carbocycles. The van der Waals surface area contributed by atoms with Gasteiger partial charge < -0.3 is 14.8 Å². The Hall–Kier alpha value is -3.26. The summed E-state index contributed by atoms with van der Waals surface area (Å²) < 4.78 is 37.2. The largest absolute Gasteiger partial charge is 0.497 e. The van der Waals surface area contributed by atoms with Gasteiger partial charge in [-0.05, 0) is 17.7 Å². The maximum absolute atomic E-state index is 13.5. The molecule has 1 N–H and O–H groups in total. The zero-order chi connectivity index (χ0) is 21.1. The normalized spacial score (nSPS) is 13.6. The fourth-order valence-electron chi connectivity index (χ4n) is 3.47. The van der Waals surface area contributed by atoms with Gasteiger partial charge in [-0.15, -0.1) is 0 Å². The molecule has 0 bridgehead atoms. The number of anilines is 2. The van der Waals surface area contributed by atoms with Crippen molar-refractivity contribution in [2.45, 2.75) is 19.5 Å². The molecule has 1 aliphatic heterocycles. The average Bonchev–Trinajstić information content (AvgIpc) is 2.76. The summed E-state index contributed by atoms with van der Waals surface area (Å²) in [6, 6.07) is 9.50. The summed E-state index contributed by atoms with van der Waals surface area (Å²) in [5.74, 6) is 0.187. The zero-order valence-corrected chi connectivity index (χ0v) is 16.8. The van der Waals surface area contributed by atoms with Gasteiger partial charge in [0.05, 0.1) is 19.9 Å². The number of methoxy groups -OCH3 is 2. The van der Waals surface area contributed by atoms with Crippen LogP contribution in [0.1, 0.15) is 16.8 Å². The molecule has 0 radical (unpaired) electrons. The van der Waals surface area contributed by atoms with E-state index in [-0.39, 0.29) is 0 Å². The summed E-state index contributed by atoms with van der Waals surface area (Å²) in [7, 11) is 3.19. The van der Waals surface area contributed by atoms with E-state index in [2.05, 4.69) is 20.2 Å². The monoisotopic (exact) mass is 412 g/mol. The van der Waals surface area contributed by atoms with E-state index >= 15 is 0 Å². The lowest BCUT2D eigenvalue weighted by molar-refractivity contribution is 0.242. The molecule has 0 saturated heterocycles. The molecule has 0 atom stereocenters. The van der Waals surface area contributed by atoms with Crippen molar-refractivity contribution in [3.8, 4) is 11.5 Å². The molecule has 1 aliphatic rings. The second-order valence-electron chi connectivity index (χ2n) is 7.10. The number of benzene rings is 2. The maximum Gasteiger partial charge on any atom is 0.227 e. The molecule has 8 heteroatoms. The lowest BCUT2D eigenvalue weighted by Gasteiger charge is -2.28. The molecule has 6 nitrogen and oxygen atoms in total. The van der Waals surface area contributed by atoms with Crippen molar-refractivity contribution in [2.75, 3.05) is 26.1 Å². The number of nitrogens with zero attached hydrogens (tertiary/aromatic N) is 3. The van der Waals surface area contributed by atoms with Crippen molar-refractivity contribution < 1.29 is 18.3 Å². The molecule has 2 heterocycles. The quantitative estimate of drug-likeness (QED) is 0.659. The van der Waals surface area contributed by atoms with E-state index in [1.54, 1.807) is 32.5 Å². The third kappa shape index (κ3) is 4.49. The summed E-state index contributed by atoms with van der Waals surface area (Å²) in [5.41, 5.74) is 3.51. The first-order chi connectivity index (χ1) is 14.5. The first-order valence-corrected chi connectivity index (χ1v) is 9.55. The number of rotatable bonds is 6. The molecular formula is C22H22F2N4O2. The second kappa shape index (κ2) is 8.62. The molecule has 30 heavy (non-hydrogen) atoms. The molecule has 0 fully saturated rings. The smallest absolute Gasteiger partial charge is 0.227 e. The van der Waals surface area contributed by atoms with Crippen molar-refractivity contribution in [1.82, 2.24) is 14.9 Å². The van der Waals surface area contributed by atoms with Crippen LogP contribution in [0.5, 0.6) is 11.5 Å². The minimum atomic E-state index is -0.829. The van der Waals surface area contributed by atoms with Gasteiger partial charge in [0.2, 0.25) is 5.95 Å². The highest BCUT2D eigenvalue weighted by atomic mass is 19.2. The zero-order valence-electron chi connectivity index (χ0n) is 16.8. The number of hydrogen-bond acceptors (Lipinski definition) is 6. The summed E-state index contributed by atoms with van der Waals surface area (Å²) in [6.07, 6.45) is 2.55. The Morgan fingerprint density at radius 1 is 1.03 bits per heavy atom. The number of fused-ring (bicyclic) bond motifs is 1. The van der Waals surface area contributed by atoms with E-state index in [0.29, 0.717) is 30.5 Å². The molecule has 0 saturated carbocycles. The Balaban J connectivity index is 1.46. The Labute approximate surface area is 173 Å². The average molecular weight is 412 g/mol. The molecule has 0 amide bonds. The first-order valence-electron chi connectivity index (χ1n) is 9.55. The van der Waals surface area contributed by atoms with Crippen LogP contribution in [0.25, 0.3) is 0 Å². The Bertz CT molecular complexity index is 1040. The van der Waals surface area contributed by atoms with E-state index < -0.39 is 11.6 Å². The lowest BCUT2D eigenvalue weighted by Crippen LogP contribution is -2.31. The van der Waals surface area contributed by atoms with Crippen molar-refractivity contribution >= 4 is 11.6 Å². The number of nitrogens with one attached hydrogen (secondary N) is 1. The Kier molecular flexibility index (Phi) is 5.76. The highest BCUT2D eigenvalue weighted by molar-refractivity contribution is 5.59. The highest BCUT2D eigenvalue weighted by Crippen LogP contribution is 2.28. The topological polar surface area (TPSA) is 59.5 Å². The number of aromatic nitrogens is 2. The van der Waals surface area contributed by atoms with Gasteiger partial charge >= 0.3 is 0 Å². The maximum atomic E-state index is 13.5. The van der Waals surface area contributed by atoms with E-state index in [1.807, 2.05) is 12.1 Å². The van der Waals surface area contributed by atoms with Crippen LogP contribution in [-0.4, -0.2) is 35.6 Å². The van der Waals surface area contributed by atoms with E-state index in [9.17, 15) is 8.78 Å². The van der Waals surface area contributed by atoms with Gasteiger partial charge in [0.25, 0.3) is 0 Å². The van der Waals surface area contributed by atoms with Crippen LogP contribution in [0.15, 0.2) is 42.6 Å². The molecule has 0 aliphatic carbocycles. The Morgan fingerprint density at radius 2 is 1.80 bits per heavy atom. The lowest BCUT2D eigenvalue weighted by atomic mass is 10.1. The number of halogens is 2. The van der Waals surface area contributed by atoms with Crippen LogP contribution in [-0.2, 0) is 19.5 Å². The SMILES string of the molecule is COc1cc(Nc2ncc3c(n2)CCN(Cc2ccc(F)c(F)c2)C3)cc(OC)c1. The van der Waals surface area contributed by atoms with Gasteiger partial charge in [-0.3, -0.25) is 4.90 Å². The van der Waals surface area contributed by atoms with Crippen molar-refractivity contribution in [1.29, 1.82) is 0 Å². The fourth-order valence-corrected chi connectivity index (χ4v) is 3.47. The molecule has 1 aromatic heterocycles. The minimum Gasteiger partial charge on any atom is -0.497 e. The van der Waals surface area contributed by atoms with Crippen LogP contribution in [0, 0.1) is 11.6 Å². The van der Waals surface area contributed by atoms with Gasteiger partial charge in [-0.2, -0.15) is 0 Å². The van der Waals surface area contributed by atoms with Crippen LogP contribution in [0.4, 0.5) is 20.4 Å². The van der Waals surface area contributed by atoms with E-state index in [4.69, 9.17) is 9.47 Å². The van der Waals surface area contributed by atoms with Crippen LogP contribution >= 0.6 is 0 Å². The van der Waals surface area contributed by atoms with E-state index in [0.717, 1.165) is 41.5 Å². The predicted molar refractivity (Wildman–Crippen MR) is 109 cm³/mol. The minimum absolute atomic E-state index is 0.498. The van der Waals surface area contributed by atoms with Gasteiger partial charge in [-0.1, -0.05) is 6.07 Å². The summed E-state index contributed by atoms with van der Waals surface area (Å²) in [4.78, 5) is 11.2. The third-order valence-corrected chi connectivity index (χ3v) is 5.01. The third-order valence-electron chi connectivity index (χ3n) is 5.01. The van der Waals surface area contributed by atoms with Crippen LogP contribution in [0.3, 0.4) is 0 Å². The fraction of sp³-hybridized carbons (Fsp3) is 0.273. The highest BCUT2D eigenvalue weighted by Gasteiger charge is 2.19. The van der Waals surface area contributed by atoms with Gasteiger partial charge in [0.1, 0.15) is 11.5 Å². The van der Waals surface area contributed by atoms with Crippen LogP contribution < -0.4 is 14.8 Å². The predicted octanol–water partition coefficient (Wildman–Crippen LogP) is 4.07. The summed E-state index contributed by atoms with van der Waals surface area (Å²) in [6.45, 7) is 1.97. The number of hydrogen-bond donors (Lipinski definition) is 1. The molecular weight excluding hydrogens is 390 g/mol. The molecule has 0 unspecified atom stereocenters. The van der Waals surface area contributed by atoms with E-state index in [1.165, 1.54) is 6.07 Å². The first kappa shape index (κ1) is 20.0. The van der Waals surface area contributed by atoms with Crippen molar-refractivity contribution in [3.05, 3.63) is 71.1 Å². The van der Waals surface area contributed by atoms with Crippen molar-refractivity contribution in [2.24, 2.45) is 0 Å². The standard InChI is InChI=1S/C22H22F2N4O2/c1-29-17-8-16(9-18(10-17)30-2)26-22-25-11-15-13-28(6-5-21(15)27-22)12-14-3-4-19(23)20(24)7-14/h3-4,7-11H,5-6,12-13H2,1-2H3,(H,25,26,27).